The lowest BCUT2D eigenvalue weighted by molar-refractivity contribution is 0.612. The van der Waals surface area contributed by atoms with Gasteiger partial charge in [0.2, 0.25) is 0 Å². The van der Waals surface area contributed by atoms with E-state index in [0.29, 0.717) is 11.6 Å². The molecule has 2 heterocycles. The van der Waals surface area contributed by atoms with Gasteiger partial charge in [-0.2, -0.15) is 0 Å². The van der Waals surface area contributed by atoms with E-state index in [9.17, 15) is 4.39 Å². The second-order valence-electron chi connectivity index (χ2n) is 6.42. The predicted octanol–water partition coefficient (Wildman–Crippen LogP) is 3.53. The summed E-state index contributed by atoms with van der Waals surface area (Å²) in [7, 11) is 0. The van der Waals surface area contributed by atoms with Crippen molar-refractivity contribution >= 4 is 5.69 Å². The highest BCUT2D eigenvalue weighted by Gasteiger charge is 2.30. The van der Waals surface area contributed by atoms with Gasteiger partial charge < -0.3 is 10.2 Å². The summed E-state index contributed by atoms with van der Waals surface area (Å²) in [6.45, 7) is 5.16. The van der Waals surface area contributed by atoms with E-state index < -0.39 is 0 Å². The molecule has 1 atom stereocenters. The summed E-state index contributed by atoms with van der Waals surface area (Å²) in [5.41, 5.74) is 5.49. The minimum absolute atomic E-state index is 0.141. The molecule has 0 aliphatic carbocycles. The monoisotopic (exact) mass is 296 g/mol. The lowest BCUT2D eigenvalue weighted by Crippen LogP contribution is -2.32. The smallest absolute Gasteiger partial charge is 0.131 e. The van der Waals surface area contributed by atoms with Crippen molar-refractivity contribution in [1.29, 1.82) is 0 Å². The zero-order chi connectivity index (χ0) is 15.1. The molecule has 0 bridgehead atoms. The summed E-state index contributed by atoms with van der Waals surface area (Å²) in [5, 5.41) is 3.47. The molecular weight excluding hydrogens is 275 g/mol. The van der Waals surface area contributed by atoms with E-state index in [2.05, 4.69) is 28.4 Å². The summed E-state index contributed by atoms with van der Waals surface area (Å²) in [4.78, 5) is 2.51. The first-order valence-corrected chi connectivity index (χ1v) is 8.09. The van der Waals surface area contributed by atoms with Gasteiger partial charge in [-0.1, -0.05) is 23.8 Å². The van der Waals surface area contributed by atoms with E-state index in [0.717, 1.165) is 37.2 Å². The highest BCUT2D eigenvalue weighted by Crippen LogP contribution is 2.37. The van der Waals surface area contributed by atoms with Gasteiger partial charge in [0.1, 0.15) is 5.82 Å². The largest absolute Gasteiger partial charge is 0.367 e. The molecule has 2 aromatic carbocycles. The van der Waals surface area contributed by atoms with Crippen molar-refractivity contribution < 1.29 is 4.39 Å². The summed E-state index contributed by atoms with van der Waals surface area (Å²) in [5.74, 6) is -0.141. The number of hydrogen-bond acceptors (Lipinski definition) is 2. The Morgan fingerprint density at radius 3 is 2.95 bits per heavy atom. The average molecular weight is 296 g/mol. The number of fused-ring (bicyclic) bond motifs is 3. The molecule has 0 aromatic heterocycles. The molecule has 2 aromatic rings. The molecular formula is C19H21FN2. The normalized spacial score (nSPS) is 20.5. The topological polar surface area (TPSA) is 15.3 Å². The van der Waals surface area contributed by atoms with Gasteiger partial charge in [0.15, 0.2) is 0 Å². The Morgan fingerprint density at radius 2 is 2.05 bits per heavy atom. The molecule has 2 aliphatic rings. The molecule has 0 radical (unpaired) electrons. The van der Waals surface area contributed by atoms with Crippen LogP contribution in [0, 0.1) is 12.7 Å². The molecule has 114 valence electrons. The van der Waals surface area contributed by atoms with Crippen LogP contribution in [0.15, 0.2) is 36.4 Å². The number of nitrogens with one attached hydrogen (secondary N) is 1. The SMILES string of the molecule is Cc1ccc(F)c(-c2ccc3c(c2)N2CCNCCC2C3)c1. The van der Waals surface area contributed by atoms with Crippen molar-refractivity contribution in [3.63, 3.8) is 0 Å². The molecule has 1 fully saturated rings. The van der Waals surface area contributed by atoms with Gasteiger partial charge >= 0.3 is 0 Å². The Morgan fingerprint density at radius 1 is 1.14 bits per heavy atom. The van der Waals surface area contributed by atoms with E-state index in [-0.39, 0.29) is 5.82 Å². The van der Waals surface area contributed by atoms with Crippen LogP contribution in [0.4, 0.5) is 10.1 Å². The van der Waals surface area contributed by atoms with E-state index in [4.69, 9.17) is 0 Å². The first kappa shape index (κ1) is 13.8. The fraction of sp³-hybridized carbons (Fsp3) is 0.368. The van der Waals surface area contributed by atoms with Gasteiger partial charge in [0.25, 0.3) is 0 Å². The van der Waals surface area contributed by atoms with Crippen molar-refractivity contribution in [3.8, 4) is 11.1 Å². The fourth-order valence-corrected chi connectivity index (χ4v) is 3.75. The van der Waals surface area contributed by atoms with E-state index >= 15 is 0 Å². The average Bonchev–Trinajstić information content (AvgIpc) is 2.70. The summed E-state index contributed by atoms with van der Waals surface area (Å²) in [6, 6.07) is 12.4. The van der Waals surface area contributed by atoms with Crippen LogP contribution in [0.1, 0.15) is 17.5 Å². The maximum Gasteiger partial charge on any atom is 0.131 e. The lowest BCUT2D eigenvalue weighted by atomic mass is 10.00. The molecule has 4 rings (SSSR count). The van der Waals surface area contributed by atoms with Gasteiger partial charge in [0, 0.05) is 30.4 Å². The first-order valence-electron chi connectivity index (χ1n) is 8.09. The quantitative estimate of drug-likeness (QED) is 0.866. The van der Waals surface area contributed by atoms with E-state index in [1.54, 1.807) is 6.07 Å². The van der Waals surface area contributed by atoms with Crippen LogP contribution in [-0.2, 0) is 6.42 Å². The molecule has 2 nitrogen and oxygen atoms in total. The Hall–Kier alpha value is -1.87. The third-order valence-electron chi connectivity index (χ3n) is 4.91. The van der Waals surface area contributed by atoms with Crippen molar-refractivity contribution in [2.75, 3.05) is 24.5 Å². The Labute approximate surface area is 131 Å². The third kappa shape index (κ3) is 2.30. The summed E-state index contributed by atoms with van der Waals surface area (Å²) < 4.78 is 14.2. The van der Waals surface area contributed by atoms with Gasteiger partial charge in [-0.05, 0) is 55.6 Å². The van der Waals surface area contributed by atoms with Gasteiger partial charge in [-0.25, -0.2) is 4.39 Å². The molecule has 3 heteroatoms. The highest BCUT2D eigenvalue weighted by molar-refractivity contribution is 5.73. The van der Waals surface area contributed by atoms with Crippen molar-refractivity contribution in [2.24, 2.45) is 0 Å². The number of halogens is 1. The number of rotatable bonds is 1. The van der Waals surface area contributed by atoms with Crippen LogP contribution < -0.4 is 10.2 Å². The molecule has 22 heavy (non-hydrogen) atoms. The van der Waals surface area contributed by atoms with Crippen molar-refractivity contribution in [3.05, 3.63) is 53.3 Å². The minimum Gasteiger partial charge on any atom is -0.367 e. The maximum atomic E-state index is 14.2. The third-order valence-corrected chi connectivity index (χ3v) is 4.91. The molecule has 0 saturated carbocycles. The molecule has 0 spiro atoms. The van der Waals surface area contributed by atoms with Gasteiger partial charge in [0.05, 0.1) is 0 Å². The number of aryl methyl sites for hydroxylation is 1. The van der Waals surface area contributed by atoms with Crippen LogP contribution in [0.25, 0.3) is 11.1 Å². The zero-order valence-corrected chi connectivity index (χ0v) is 12.9. The van der Waals surface area contributed by atoms with Crippen molar-refractivity contribution in [2.45, 2.75) is 25.8 Å². The number of nitrogens with zero attached hydrogens (tertiary/aromatic N) is 1. The van der Waals surface area contributed by atoms with Crippen molar-refractivity contribution in [1.82, 2.24) is 5.32 Å². The first-order chi connectivity index (χ1) is 10.7. The Bertz CT molecular complexity index is 711. The van der Waals surface area contributed by atoms with Crippen LogP contribution in [-0.4, -0.2) is 25.7 Å². The Kier molecular flexibility index (Phi) is 3.38. The van der Waals surface area contributed by atoms with E-state index in [1.165, 1.54) is 17.7 Å². The summed E-state index contributed by atoms with van der Waals surface area (Å²) >= 11 is 0. The lowest BCUT2D eigenvalue weighted by Gasteiger charge is -2.25. The molecule has 1 saturated heterocycles. The molecule has 2 aliphatic heterocycles. The van der Waals surface area contributed by atoms with Crippen LogP contribution in [0.2, 0.25) is 0 Å². The van der Waals surface area contributed by atoms with Gasteiger partial charge in [-0.3, -0.25) is 0 Å². The Balaban J connectivity index is 1.76. The zero-order valence-electron chi connectivity index (χ0n) is 12.9. The molecule has 0 amide bonds. The van der Waals surface area contributed by atoms with Crippen LogP contribution in [0.5, 0.6) is 0 Å². The predicted molar refractivity (Wildman–Crippen MR) is 88.9 cm³/mol. The van der Waals surface area contributed by atoms with Gasteiger partial charge in [-0.15, -0.1) is 0 Å². The molecule has 1 unspecified atom stereocenters. The van der Waals surface area contributed by atoms with Crippen LogP contribution in [0.3, 0.4) is 0 Å². The fourth-order valence-electron chi connectivity index (χ4n) is 3.75. The standard InChI is InChI=1S/C19H21FN2/c1-13-2-5-18(20)17(10-13)14-3-4-15-11-16-6-7-21-8-9-22(16)19(15)12-14/h2-5,10,12,16,21H,6-9,11H2,1H3. The number of benzene rings is 2. The number of hydrogen-bond donors (Lipinski definition) is 1. The summed E-state index contributed by atoms with van der Waals surface area (Å²) in [6.07, 6.45) is 2.30. The minimum atomic E-state index is -0.141. The maximum absolute atomic E-state index is 14.2. The second-order valence-corrected chi connectivity index (χ2v) is 6.42. The van der Waals surface area contributed by atoms with Crippen LogP contribution >= 0.6 is 0 Å². The highest BCUT2D eigenvalue weighted by atomic mass is 19.1. The molecule has 1 N–H and O–H groups in total. The number of anilines is 1. The van der Waals surface area contributed by atoms with E-state index in [1.807, 2.05) is 19.1 Å². The second kappa shape index (κ2) is 5.40.